The van der Waals surface area contributed by atoms with Crippen molar-refractivity contribution in [3.63, 3.8) is 0 Å². The zero-order valence-corrected chi connectivity index (χ0v) is 17.5. The Morgan fingerprint density at radius 2 is 1.83 bits per heavy atom. The highest BCUT2D eigenvalue weighted by atomic mass is 16.6. The monoisotopic (exact) mass is 395 g/mol. The van der Waals surface area contributed by atoms with Crippen LogP contribution in [-0.2, 0) is 5.54 Å². The fourth-order valence-corrected chi connectivity index (χ4v) is 4.48. The minimum Gasteiger partial charge on any atom is -0.486 e. The van der Waals surface area contributed by atoms with Gasteiger partial charge in [0, 0.05) is 18.2 Å². The third-order valence-electron chi connectivity index (χ3n) is 6.05. The molecule has 1 aliphatic carbocycles. The molecule has 0 bridgehead atoms. The molecule has 2 aromatic rings. The topological polar surface area (TPSA) is 56.6 Å². The lowest BCUT2D eigenvalue weighted by Gasteiger charge is -2.26. The number of carbonyl (C=O) groups excluding carboxylic acids is 1. The number of amides is 1. The van der Waals surface area contributed by atoms with Gasteiger partial charge in [-0.3, -0.25) is 9.48 Å². The molecule has 3 aliphatic rings. The number of carbonyl (C=O) groups is 1. The molecule has 0 spiro atoms. The minimum atomic E-state index is -0.128. The van der Waals surface area contributed by atoms with Gasteiger partial charge in [0.1, 0.15) is 13.2 Å². The van der Waals surface area contributed by atoms with E-state index in [9.17, 15) is 4.79 Å². The summed E-state index contributed by atoms with van der Waals surface area (Å²) in [6.07, 6.45) is 4.35. The first-order chi connectivity index (χ1) is 13.9. The Morgan fingerprint density at radius 1 is 1.07 bits per heavy atom. The molecule has 6 heteroatoms. The molecule has 1 atom stereocenters. The van der Waals surface area contributed by atoms with E-state index in [0.717, 1.165) is 36.4 Å². The van der Waals surface area contributed by atoms with Gasteiger partial charge in [0.05, 0.1) is 11.6 Å². The molecule has 1 aromatic heterocycles. The second kappa shape index (κ2) is 6.78. The zero-order valence-electron chi connectivity index (χ0n) is 17.5. The van der Waals surface area contributed by atoms with Gasteiger partial charge in [-0.1, -0.05) is 6.07 Å². The molecule has 0 N–H and O–H groups in total. The highest BCUT2D eigenvalue weighted by molar-refractivity contribution is 5.93. The van der Waals surface area contributed by atoms with E-state index >= 15 is 0 Å². The summed E-state index contributed by atoms with van der Waals surface area (Å²) in [4.78, 5) is 15.4. The van der Waals surface area contributed by atoms with Gasteiger partial charge in [0.15, 0.2) is 17.2 Å². The van der Waals surface area contributed by atoms with Gasteiger partial charge in [-0.05, 0) is 70.2 Å². The SMILES string of the molecule is CC(C)(C)n1nc(C(=O)N2CCC[C@@H]2c2ccc3c(c2)OCCO3)cc1C1CC1. The summed E-state index contributed by atoms with van der Waals surface area (Å²) in [5.41, 5.74) is 2.76. The lowest BCUT2D eigenvalue weighted by molar-refractivity contribution is 0.0727. The maximum absolute atomic E-state index is 13.4. The van der Waals surface area contributed by atoms with Gasteiger partial charge >= 0.3 is 0 Å². The lowest BCUT2D eigenvalue weighted by Crippen LogP contribution is -2.31. The maximum atomic E-state index is 13.4. The van der Waals surface area contributed by atoms with E-state index in [-0.39, 0.29) is 17.5 Å². The Hall–Kier alpha value is -2.50. The molecule has 3 heterocycles. The zero-order chi connectivity index (χ0) is 20.2. The van der Waals surface area contributed by atoms with Crippen molar-refractivity contribution in [1.82, 2.24) is 14.7 Å². The Kier molecular flexibility index (Phi) is 4.33. The highest BCUT2D eigenvalue weighted by Crippen LogP contribution is 2.43. The van der Waals surface area contributed by atoms with Crippen LogP contribution in [0, 0.1) is 0 Å². The van der Waals surface area contributed by atoms with Gasteiger partial charge in [-0.25, -0.2) is 0 Å². The Bertz CT molecular complexity index is 939. The van der Waals surface area contributed by atoms with E-state index in [0.29, 0.717) is 24.8 Å². The smallest absolute Gasteiger partial charge is 0.274 e. The third kappa shape index (κ3) is 3.38. The molecular weight excluding hydrogens is 366 g/mol. The molecule has 2 fully saturated rings. The Labute approximate surface area is 171 Å². The van der Waals surface area contributed by atoms with Crippen molar-refractivity contribution in [3.05, 3.63) is 41.2 Å². The van der Waals surface area contributed by atoms with E-state index in [1.54, 1.807) is 0 Å². The van der Waals surface area contributed by atoms with Crippen molar-refractivity contribution in [2.75, 3.05) is 19.8 Å². The summed E-state index contributed by atoms with van der Waals surface area (Å²) >= 11 is 0. The molecule has 1 saturated carbocycles. The summed E-state index contributed by atoms with van der Waals surface area (Å²) in [7, 11) is 0. The van der Waals surface area contributed by atoms with Gasteiger partial charge < -0.3 is 14.4 Å². The van der Waals surface area contributed by atoms with E-state index in [4.69, 9.17) is 14.6 Å². The number of fused-ring (bicyclic) bond motifs is 1. The van der Waals surface area contributed by atoms with Crippen molar-refractivity contribution in [1.29, 1.82) is 0 Å². The van der Waals surface area contributed by atoms with Crippen LogP contribution in [0.1, 0.15) is 80.2 Å². The molecule has 1 amide bonds. The second-order valence-electron chi connectivity index (χ2n) is 9.37. The van der Waals surface area contributed by atoms with Gasteiger partial charge in [-0.2, -0.15) is 5.10 Å². The predicted molar refractivity (Wildman–Crippen MR) is 110 cm³/mol. The molecule has 1 saturated heterocycles. The predicted octanol–water partition coefficient (Wildman–Crippen LogP) is 4.26. The van der Waals surface area contributed by atoms with Crippen LogP contribution < -0.4 is 9.47 Å². The van der Waals surface area contributed by atoms with Crippen LogP contribution in [0.2, 0.25) is 0 Å². The molecule has 2 aliphatic heterocycles. The number of likely N-dealkylation sites (tertiary alicyclic amines) is 1. The van der Waals surface area contributed by atoms with Gasteiger partial charge in [-0.15, -0.1) is 0 Å². The summed E-state index contributed by atoms with van der Waals surface area (Å²) < 4.78 is 13.5. The molecule has 6 nitrogen and oxygen atoms in total. The fourth-order valence-electron chi connectivity index (χ4n) is 4.48. The van der Waals surface area contributed by atoms with E-state index in [2.05, 4.69) is 31.5 Å². The number of hydrogen-bond donors (Lipinski definition) is 0. The van der Waals surface area contributed by atoms with Crippen LogP contribution in [0.25, 0.3) is 0 Å². The van der Waals surface area contributed by atoms with Crippen molar-refractivity contribution in [2.45, 2.75) is 64.0 Å². The summed E-state index contributed by atoms with van der Waals surface area (Å²) in [5, 5.41) is 4.77. The first-order valence-corrected chi connectivity index (χ1v) is 10.7. The molecule has 0 radical (unpaired) electrons. The van der Waals surface area contributed by atoms with Crippen LogP contribution >= 0.6 is 0 Å². The van der Waals surface area contributed by atoms with Crippen LogP contribution in [-0.4, -0.2) is 40.3 Å². The van der Waals surface area contributed by atoms with Crippen molar-refractivity contribution in [3.8, 4) is 11.5 Å². The molecule has 154 valence electrons. The van der Waals surface area contributed by atoms with Crippen molar-refractivity contribution < 1.29 is 14.3 Å². The first kappa shape index (κ1) is 18.5. The van der Waals surface area contributed by atoms with Crippen LogP contribution in [0.15, 0.2) is 24.3 Å². The lowest BCUT2D eigenvalue weighted by atomic mass is 10.0. The number of nitrogens with zero attached hydrogens (tertiary/aromatic N) is 3. The average Bonchev–Trinajstić information content (AvgIpc) is 3.26. The normalized spacial score (nSPS) is 21.5. The quantitative estimate of drug-likeness (QED) is 0.779. The van der Waals surface area contributed by atoms with E-state index in [1.807, 2.05) is 23.1 Å². The second-order valence-corrected chi connectivity index (χ2v) is 9.37. The van der Waals surface area contributed by atoms with Gasteiger partial charge in [0.2, 0.25) is 0 Å². The fraction of sp³-hybridized carbons (Fsp3) is 0.565. The summed E-state index contributed by atoms with van der Waals surface area (Å²) in [6.45, 7) is 8.35. The summed E-state index contributed by atoms with van der Waals surface area (Å²) in [5.74, 6) is 2.15. The third-order valence-corrected chi connectivity index (χ3v) is 6.05. The number of hydrogen-bond acceptors (Lipinski definition) is 4. The van der Waals surface area contributed by atoms with Gasteiger partial charge in [0.25, 0.3) is 5.91 Å². The maximum Gasteiger partial charge on any atom is 0.274 e. The van der Waals surface area contributed by atoms with E-state index < -0.39 is 0 Å². The van der Waals surface area contributed by atoms with Crippen molar-refractivity contribution >= 4 is 5.91 Å². The Morgan fingerprint density at radius 3 is 2.55 bits per heavy atom. The highest BCUT2D eigenvalue weighted by Gasteiger charge is 2.36. The number of benzene rings is 1. The molecule has 0 unspecified atom stereocenters. The minimum absolute atomic E-state index is 0.0345. The van der Waals surface area contributed by atoms with E-state index in [1.165, 1.54) is 18.5 Å². The average molecular weight is 396 g/mol. The molecule has 1 aromatic carbocycles. The summed E-state index contributed by atoms with van der Waals surface area (Å²) in [6, 6.07) is 8.15. The standard InChI is InChI=1S/C23H29N3O3/c1-23(2,3)26-19(15-6-7-15)14-17(24-26)22(27)25-10-4-5-18(25)16-8-9-20-21(13-16)29-12-11-28-20/h8-9,13-15,18H,4-7,10-12H2,1-3H3/t18-/m1/s1. The first-order valence-electron chi connectivity index (χ1n) is 10.7. The largest absolute Gasteiger partial charge is 0.486 e. The van der Waals surface area contributed by atoms with Crippen LogP contribution in [0.3, 0.4) is 0 Å². The van der Waals surface area contributed by atoms with Crippen molar-refractivity contribution in [2.24, 2.45) is 0 Å². The molecular formula is C23H29N3O3. The number of rotatable bonds is 3. The molecule has 5 rings (SSSR count). The Balaban J connectivity index is 1.44. The number of ether oxygens (including phenoxy) is 2. The number of aromatic nitrogens is 2. The molecule has 29 heavy (non-hydrogen) atoms. The van der Waals surface area contributed by atoms with Crippen LogP contribution in [0.4, 0.5) is 0 Å². The van der Waals surface area contributed by atoms with Crippen LogP contribution in [0.5, 0.6) is 11.5 Å².